The van der Waals surface area contributed by atoms with Crippen LogP contribution in [0.3, 0.4) is 0 Å². The van der Waals surface area contributed by atoms with E-state index in [2.05, 4.69) is 12.2 Å². The highest BCUT2D eigenvalue weighted by atomic mass is 32.2. The fraction of sp³-hybridized carbons (Fsp3) is 0.353. The van der Waals surface area contributed by atoms with Crippen molar-refractivity contribution in [1.29, 1.82) is 0 Å². The Balaban J connectivity index is 1.81. The van der Waals surface area contributed by atoms with Crippen molar-refractivity contribution in [3.63, 3.8) is 0 Å². The average molecular weight is 380 g/mol. The number of anilines is 1. The zero-order valence-corrected chi connectivity index (χ0v) is 15.5. The van der Waals surface area contributed by atoms with Crippen LogP contribution in [0.1, 0.15) is 22.2 Å². The summed E-state index contributed by atoms with van der Waals surface area (Å²) in [5.74, 6) is -0.411. The lowest BCUT2D eigenvalue weighted by Gasteiger charge is -2.26. The molecule has 0 radical (unpaired) electrons. The minimum absolute atomic E-state index is 0.0575. The van der Waals surface area contributed by atoms with Crippen molar-refractivity contribution in [1.82, 2.24) is 4.31 Å². The number of sulfonamides is 1. The maximum atomic E-state index is 12.8. The smallest absolute Gasteiger partial charge is 0.267 e. The number of carbonyl (C=O) groups is 1. The molecule has 1 aromatic carbocycles. The minimum atomic E-state index is -3.69. The Morgan fingerprint density at radius 1 is 1.20 bits per heavy atom. The second-order valence-corrected chi connectivity index (χ2v) is 8.46. The quantitative estimate of drug-likeness (QED) is 0.865. The predicted octanol–water partition coefficient (Wildman–Crippen LogP) is 2.58. The first kappa shape index (κ1) is 18.1. The normalized spacial score (nSPS) is 15.9. The van der Waals surface area contributed by atoms with Crippen molar-refractivity contribution in [3.05, 3.63) is 46.2 Å². The van der Waals surface area contributed by atoms with E-state index in [4.69, 9.17) is 4.74 Å². The van der Waals surface area contributed by atoms with E-state index in [9.17, 15) is 13.2 Å². The molecule has 1 amide bonds. The molecule has 1 aliphatic rings. The van der Waals surface area contributed by atoms with Gasteiger partial charge in [-0.1, -0.05) is 19.1 Å². The van der Waals surface area contributed by atoms with Crippen LogP contribution in [0.15, 0.2) is 40.6 Å². The van der Waals surface area contributed by atoms with Gasteiger partial charge in [0.1, 0.15) is 9.77 Å². The van der Waals surface area contributed by atoms with E-state index in [0.29, 0.717) is 32.0 Å². The molecule has 8 heteroatoms. The van der Waals surface area contributed by atoms with Gasteiger partial charge in [0.25, 0.3) is 5.91 Å². The summed E-state index contributed by atoms with van der Waals surface area (Å²) in [7, 11) is -3.69. The number of carbonyl (C=O) groups excluding carboxylic acids is 1. The second-order valence-electron chi connectivity index (χ2n) is 5.64. The molecule has 0 spiro atoms. The van der Waals surface area contributed by atoms with E-state index in [-0.39, 0.29) is 9.77 Å². The molecule has 25 heavy (non-hydrogen) atoms. The van der Waals surface area contributed by atoms with Gasteiger partial charge in [-0.2, -0.15) is 4.31 Å². The lowest BCUT2D eigenvalue weighted by molar-refractivity contribution is 0.0730. The maximum absolute atomic E-state index is 12.8. The molecule has 1 aliphatic heterocycles. The van der Waals surface area contributed by atoms with Crippen LogP contribution in [0.4, 0.5) is 5.69 Å². The van der Waals surface area contributed by atoms with Crippen LogP contribution >= 0.6 is 11.3 Å². The van der Waals surface area contributed by atoms with Crippen molar-refractivity contribution in [2.24, 2.45) is 0 Å². The summed E-state index contributed by atoms with van der Waals surface area (Å²) in [6.45, 7) is 3.40. The number of ether oxygens (including phenoxy) is 1. The number of nitrogens with one attached hydrogen (secondary N) is 1. The predicted molar refractivity (Wildman–Crippen MR) is 97.7 cm³/mol. The molecule has 2 heterocycles. The van der Waals surface area contributed by atoms with Crippen molar-refractivity contribution in [2.45, 2.75) is 18.2 Å². The minimum Gasteiger partial charge on any atom is -0.379 e. The Kier molecular flexibility index (Phi) is 5.53. The van der Waals surface area contributed by atoms with Crippen LogP contribution < -0.4 is 5.32 Å². The molecule has 2 aromatic rings. The molecule has 134 valence electrons. The Bertz CT molecular complexity index is 838. The molecule has 1 N–H and O–H groups in total. The largest absolute Gasteiger partial charge is 0.379 e. The van der Waals surface area contributed by atoms with Crippen LogP contribution in [0, 0.1) is 0 Å². The number of benzene rings is 1. The Morgan fingerprint density at radius 2 is 1.88 bits per heavy atom. The van der Waals surface area contributed by atoms with Gasteiger partial charge in [-0.25, -0.2) is 8.42 Å². The Hall–Kier alpha value is -1.74. The molecule has 0 unspecified atom stereocenters. The number of hydrogen-bond acceptors (Lipinski definition) is 5. The van der Waals surface area contributed by atoms with Gasteiger partial charge in [0, 0.05) is 18.8 Å². The number of amides is 1. The second kappa shape index (κ2) is 7.65. The Labute approximate surface area is 151 Å². The van der Waals surface area contributed by atoms with Crippen LogP contribution in [-0.2, 0) is 21.2 Å². The first-order valence-electron chi connectivity index (χ1n) is 8.08. The topological polar surface area (TPSA) is 75.7 Å². The van der Waals surface area contributed by atoms with Gasteiger partial charge in [0.15, 0.2) is 0 Å². The van der Waals surface area contributed by atoms with Gasteiger partial charge < -0.3 is 10.1 Å². The van der Waals surface area contributed by atoms with Crippen LogP contribution in [0.5, 0.6) is 0 Å². The van der Waals surface area contributed by atoms with Crippen LogP contribution in [0.2, 0.25) is 0 Å². The molecular weight excluding hydrogens is 360 g/mol. The van der Waals surface area contributed by atoms with Gasteiger partial charge in [0.2, 0.25) is 10.0 Å². The molecule has 1 aromatic heterocycles. The standard InChI is InChI=1S/C17H20N2O4S2/c1-2-13-3-5-14(6-4-13)18-17(20)16-15(7-12-24-16)25(21,22)19-8-10-23-11-9-19/h3-7,12H,2,8-11H2,1H3,(H,18,20). The van der Waals surface area contributed by atoms with Crippen LogP contribution in [0.25, 0.3) is 0 Å². The molecule has 3 rings (SSSR count). The lowest BCUT2D eigenvalue weighted by Crippen LogP contribution is -2.41. The number of nitrogens with zero attached hydrogens (tertiary/aromatic N) is 1. The molecule has 6 nitrogen and oxygen atoms in total. The van der Waals surface area contributed by atoms with E-state index < -0.39 is 15.9 Å². The summed E-state index contributed by atoms with van der Waals surface area (Å²) < 4.78 is 32.2. The van der Waals surface area contributed by atoms with E-state index >= 15 is 0 Å². The third-order valence-corrected chi connectivity index (χ3v) is 7.03. The van der Waals surface area contributed by atoms with Crippen molar-refractivity contribution >= 4 is 33.0 Å². The van der Waals surface area contributed by atoms with Gasteiger partial charge in [-0.3, -0.25) is 4.79 Å². The summed E-state index contributed by atoms with van der Waals surface area (Å²) >= 11 is 1.13. The number of aryl methyl sites for hydroxylation is 1. The SMILES string of the molecule is CCc1ccc(NC(=O)c2sccc2S(=O)(=O)N2CCOCC2)cc1. The van der Waals surface area contributed by atoms with Gasteiger partial charge in [0.05, 0.1) is 13.2 Å². The highest BCUT2D eigenvalue weighted by molar-refractivity contribution is 7.89. The van der Waals surface area contributed by atoms with Crippen LogP contribution in [-0.4, -0.2) is 44.9 Å². The number of morpholine rings is 1. The molecule has 0 bridgehead atoms. The molecular formula is C17H20N2O4S2. The summed E-state index contributed by atoms with van der Waals surface area (Å²) in [5.41, 5.74) is 1.81. The van der Waals surface area contributed by atoms with E-state index in [1.165, 1.54) is 15.9 Å². The fourth-order valence-electron chi connectivity index (χ4n) is 2.60. The van der Waals surface area contributed by atoms with E-state index in [0.717, 1.165) is 17.8 Å². The first-order valence-corrected chi connectivity index (χ1v) is 10.4. The zero-order chi connectivity index (χ0) is 17.9. The third kappa shape index (κ3) is 3.92. The molecule has 1 fully saturated rings. The lowest BCUT2D eigenvalue weighted by atomic mass is 10.1. The van der Waals surface area contributed by atoms with E-state index in [1.54, 1.807) is 5.38 Å². The summed E-state index contributed by atoms with van der Waals surface area (Å²) in [6, 6.07) is 9.01. The highest BCUT2D eigenvalue weighted by Gasteiger charge is 2.31. The fourth-order valence-corrected chi connectivity index (χ4v) is 5.31. The molecule has 0 aliphatic carbocycles. The number of rotatable bonds is 5. The van der Waals surface area contributed by atoms with Gasteiger partial charge >= 0.3 is 0 Å². The Morgan fingerprint density at radius 3 is 2.52 bits per heavy atom. The van der Waals surface area contributed by atoms with Crippen molar-refractivity contribution in [3.8, 4) is 0 Å². The molecule has 0 atom stereocenters. The summed E-state index contributed by atoms with van der Waals surface area (Å²) in [6.07, 6.45) is 0.918. The van der Waals surface area contributed by atoms with Gasteiger partial charge in [-0.15, -0.1) is 11.3 Å². The van der Waals surface area contributed by atoms with Gasteiger partial charge in [-0.05, 0) is 35.6 Å². The highest BCUT2D eigenvalue weighted by Crippen LogP contribution is 2.27. The summed E-state index contributed by atoms with van der Waals surface area (Å²) in [5, 5.41) is 4.40. The summed E-state index contributed by atoms with van der Waals surface area (Å²) in [4.78, 5) is 12.8. The van der Waals surface area contributed by atoms with Crippen molar-refractivity contribution in [2.75, 3.05) is 31.6 Å². The maximum Gasteiger partial charge on any atom is 0.267 e. The third-order valence-electron chi connectivity index (χ3n) is 4.04. The first-order chi connectivity index (χ1) is 12.0. The monoisotopic (exact) mass is 380 g/mol. The number of hydrogen-bond donors (Lipinski definition) is 1. The number of thiophene rings is 1. The van der Waals surface area contributed by atoms with Crippen molar-refractivity contribution < 1.29 is 17.9 Å². The van der Waals surface area contributed by atoms with E-state index in [1.807, 2.05) is 24.3 Å². The average Bonchev–Trinajstić information content (AvgIpc) is 3.14. The molecule has 1 saturated heterocycles. The molecule has 0 saturated carbocycles. The zero-order valence-electron chi connectivity index (χ0n) is 13.9.